The third-order valence-corrected chi connectivity index (χ3v) is 5.31. The Morgan fingerprint density at radius 1 is 1.15 bits per heavy atom. The van der Waals surface area contributed by atoms with Gasteiger partial charge in [0.05, 0.1) is 0 Å². The van der Waals surface area contributed by atoms with Crippen molar-refractivity contribution in [3.05, 3.63) is 64.7 Å². The van der Waals surface area contributed by atoms with E-state index in [0.29, 0.717) is 15.0 Å². The second kappa shape index (κ2) is 6.74. The van der Waals surface area contributed by atoms with Crippen LogP contribution in [0.15, 0.2) is 42.5 Å². The molecule has 3 heteroatoms. The number of carbonyl (C=O) groups is 1. The molecule has 0 bridgehead atoms. The quantitative estimate of drug-likeness (QED) is 0.635. The van der Waals surface area contributed by atoms with Gasteiger partial charge in [-0.1, -0.05) is 0 Å². The number of ether oxygens (including phenoxy) is 1. The molecule has 0 aliphatic rings. The third-order valence-electron chi connectivity index (χ3n) is 3.09. The van der Waals surface area contributed by atoms with E-state index in [1.165, 1.54) is 17.1 Å². The van der Waals surface area contributed by atoms with Gasteiger partial charge in [-0.3, -0.25) is 0 Å². The van der Waals surface area contributed by atoms with Crippen molar-refractivity contribution in [2.24, 2.45) is 0 Å². The molecular weight excluding hydrogens is 315 g/mol. The Morgan fingerprint density at radius 2 is 1.85 bits per heavy atom. The van der Waals surface area contributed by atoms with E-state index in [0.717, 1.165) is 22.0 Å². The monoisotopic (exact) mass is 334 g/mol. The summed E-state index contributed by atoms with van der Waals surface area (Å²) in [7, 11) is 1.44. The van der Waals surface area contributed by atoms with Crippen LogP contribution >= 0.6 is 0 Å². The molecule has 2 aromatic carbocycles. The van der Waals surface area contributed by atoms with Crippen LogP contribution in [0.25, 0.3) is 0 Å². The van der Waals surface area contributed by atoms with E-state index >= 15 is 0 Å². The fraction of sp³-hybridized carbons (Fsp3) is 0.235. The minimum absolute atomic E-state index is 0.235. The molecular formula is C17H18O2Se. The van der Waals surface area contributed by atoms with Crippen LogP contribution in [0, 0.1) is 13.8 Å². The minimum atomic E-state index is -0.235. The summed E-state index contributed by atoms with van der Waals surface area (Å²) >= 11 is 0.324. The average Bonchev–Trinajstić information content (AvgIpc) is 2.45. The molecule has 0 saturated carbocycles. The molecule has 0 unspecified atom stereocenters. The number of hydrogen-bond donors (Lipinski definition) is 0. The van der Waals surface area contributed by atoms with Gasteiger partial charge in [-0.2, -0.15) is 0 Å². The summed E-state index contributed by atoms with van der Waals surface area (Å²) in [4.78, 5) is 12.0. The van der Waals surface area contributed by atoms with Gasteiger partial charge in [0, 0.05) is 0 Å². The van der Waals surface area contributed by atoms with Crippen molar-refractivity contribution in [2.75, 3.05) is 7.11 Å². The van der Waals surface area contributed by atoms with E-state index in [4.69, 9.17) is 4.74 Å². The van der Waals surface area contributed by atoms with Crippen LogP contribution in [0.5, 0.6) is 0 Å². The summed E-state index contributed by atoms with van der Waals surface area (Å²) in [5, 5.41) is 0.907. The molecule has 0 heterocycles. The normalized spacial score (nSPS) is 10.3. The zero-order valence-corrected chi connectivity index (χ0v) is 13.7. The Hall–Kier alpha value is -1.57. The molecule has 0 saturated heterocycles. The molecule has 2 aromatic rings. The van der Waals surface area contributed by atoms with Crippen LogP contribution in [0.2, 0.25) is 0 Å². The van der Waals surface area contributed by atoms with Gasteiger partial charge < -0.3 is 0 Å². The molecule has 0 amide bonds. The zero-order valence-electron chi connectivity index (χ0n) is 12.0. The molecule has 2 nitrogen and oxygen atoms in total. The zero-order chi connectivity index (χ0) is 14.5. The van der Waals surface area contributed by atoms with Gasteiger partial charge in [0.15, 0.2) is 0 Å². The second-order valence-electron chi connectivity index (χ2n) is 4.71. The maximum absolute atomic E-state index is 12.0. The van der Waals surface area contributed by atoms with Gasteiger partial charge in [-0.25, -0.2) is 0 Å². The molecule has 2 rings (SSSR count). The number of rotatable bonds is 4. The molecule has 0 aromatic heterocycles. The summed E-state index contributed by atoms with van der Waals surface area (Å²) in [6.45, 7) is 4.03. The number of esters is 1. The Bertz CT molecular complexity index is 606. The molecule has 0 spiro atoms. The molecule has 0 atom stereocenters. The van der Waals surface area contributed by atoms with Crippen LogP contribution in [0.4, 0.5) is 0 Å². The molecule has 0 aliphatic carbocycles. The van der Waals surface area contributed by atoms with Crippen molar-refractivity contribution in [2.45, 2.75) is 19.2 Å². The molecule has 0 radical (unpaired) electrons. The van der Waals surface area contributed by atoms with E-state index < -0.39 is 0 Å². The second-order valence-corrected chi connectivity index (χ2v) is 6.91. The fourth-order valence-corrected chi connectivity index (χ4v) is 4.13. The van der Waals surface area contributed by atoms with E-state index in [9.17, 15) is 4.79 Å². The Balaban J connectivity index is 2.28. The summed E-state index contributed by atoms with van der Waals surface area (Å²) in [6.07, 6.45) is 0. The van der Waals surface area contributed by atoms with Crippen molar-refractivity contribution in [1.82, 2.24) is 0 Å². The van der Waals surface area contributed by atoms with Crippen LogP contribution in [-0.2, 0) is 10.1 Å². The van der Waals surface area contributed by atoms with Gasteiger partial charge in [0.1, 0.15) is 0 Å². The Labute approximate surface area is 126 Å². The van der Waals surface area contributed by atoms with E-state index in [1.54, 1.807) is 0 Å². The van der Waals surface area contributed by atoms with Crippen molar-refractivity contribution >= 4 is 25.4 Å². The molecule has 0 N–H and O–H groups in total. The predicted octanol–water partition coefficient (Wildman–Crippen LogP) is 2.62. The molecule has 104 valence electrons. The topological polar surface area (TPSA) is 26.3 Å². The maximum atomic E-state index is 12.0. The van der Waals surface area contributed by atoms with Crippen molar-refractivity contribution in [1.29, 1.82) is 0 Å². The van der Waals surface area contributed by atoms with Crippen LogP contribution in [-0.4, -0.2) is 28.0 Å². The van der Waals surface area contributed by atoms with Crippen molar-refractivity contribution in [3.63, 3.8) is 0 Å². The number of benzene rings is 2. The SMILES string of the molecule is COC(=O)c1c(C)cc(C)cc1C[Se]c1ccccc1. The van der Waals surface area contributed by atoms with E-state index in [2.05, 4.69) is 37.3 Å². The van der Waals surface area contributed by atoms with Crippen LogP contribution in [0.3, 0.4) is 0 Å². The molecule has 0 fully saturated rings. The Kier molecular flexibility index (Phi) is 4.99. The average molecular weight is 333 g/mol. The number of aryl methyl sites for hydroxylation is 2. The van der Waals surface area contributed by atoms with Crippen molar-refractivity contribution < 1.29 is 9.53 Å². The standard InChI is InChI=1S/C17H18O2Se/c1-12-9-13(2)16(17(18)19-3)14(10-12)11-20-15-7-5-4-6-8-15/h4-10H,11H2,1-3H3. The first kappa shape index (κ1) is 14.8. The fourth-order valence-electron chi connectivity index (χ4n) is 2.24. The first-order chi connectivity index (χ1) is 9.61. The Morgan fingerprint density at radius 3 is 2.50 bits per heavy atom. The third kappa shape index (κ3) is 3.50. The first-order valence-corrected chi connectivity index (χ1v) is 8.55. The number of methoxy groups -OCH3 is 1. The van der Waals surface area contributed by atoms with Gasteiger partial charge in [-0.05, 0) is 0 Å². The summed E-state index contributed by atoms with van der Waals surface area (Å²) < 4.78 is 6.26. The molecule has 0 aliphatic heterocycles. The summed E-state index contributed by atoms with van der Waals surface area (Å²) in [5.41, 5.74) is 4.01. The summed E-state index contributed by atoms with van der Waals surface area (Å²) in [5.74, 6) is -0.235. The number of carbonyl (C=O) groups excluding carboxylic acids is 1. The van der Waals surface area contributed by atoms with Gasteiger partial charge in [0.25, 0.3) is 0 Å². The summed E-state index contributed by atoms with van der Waals surface area (Å²) in [6, 6.07) is 14.5. The predicted molar refractivity (Wildman–Crippen MR) is 82.8 cm³/mol. The number of hydrogen-bond acceptors (Lipinski definition) is 2. The van der Waals surface area contributed by atoms with E-state index in [-0.39, 0.29) is 5.97 Å². The van der Waals surface area contributed by atoms with Gasteiger partial charge in [-0.15, -0.1) is 0 Å². The van der Waals surface area contributed by atoms with Gasteiger partial charge >= 0.3 is 126 Å². The first-order valence-electron chi connectivity index (χ1n) is 6.48. The van der Waals surface area contributed by atoms with Crippen LogP contribution in [0.1, 0.15) is 27.0 Å². The van der Waals surface area contributed by atoms with Crippen molar-refractivity contribution in [3.8, 4) is 0 Å². The molecule has 20 heavy (non-hydrogen) atoms. The van der Waals surface area contributed by atoms with Gasteiger partial charge in [0.2, 0.25) is 0 Å². The van der Waals surface area contributed by atoms with E-state index in [1.807, 2.05) is 19.1 Å². The van der Waals surface area contributed by atoms with Crippen LogP contribution < -0.4 is 4.46 Å².